The van der Waals surface area contributed by atoms with E-state index in [1.807, 2.05) is 0 Å². The van der Waals surface area contributed by atoms with Gasteiger partial charge in [-0.15, -0.1) is 5.10 Å². The van der Waals surface area contributed by atoms with Crippen molar-refractivity contribution in [2.24, 2.45) is 0 Å². The van der Waals surface area contributed by atoms with E-state index in [9.17, 15) is 18.0 Å². The van der Waals surface area contributed by atoms with Crippen LogP contribution in [0.1, 0.15) is 19.2 Å². The maximum absolute atomic E-state index is 15.3. The molecule has 1 aliphatic heterocycles. The van der Waals surface area contributed by atoms with Crippen LogP contribution in [0, 0.1) is 18.6 Å². The van der Waals surface area contributed by atoms with Crippen LogP contribution in [0.5, 0.6) is 5.88 Å². The molecule has 1 fully saturated rings. The zero-order valence-electron chi connectivity index (χ0n) is 20.4. The third kappa shape index (κ3) is 4.31. The predicted molar refractivity (Wildman–Crippen MR) is 128 cm³/mol. The van der Waals surface area contributed by atoms with Gasteiger partial charge >= 0.3 is 0 Å². The number of likely N-dealkylation sites (tertiary alicyclic amines) is 1. The maximum atomic E-state index is 15.3. The first-order valence-electron chi connectivity index (χ1n) is 11.7. The summed E-state index contributed by atoms with van der Waals surface area (Å²) in [5.74, 6) is -1.17. The minimum Gasteiger partial charge on any atom is -0.479 e. The zero-order chi connectivity index (χ0) is 26.4. The van der Waals surface area contributed by atoms with Gasteiger partial charge in [-0.25, -0.2) is 27.1 Å². The van der Waals surface area contributed by atoms with Crippen LogP contribution in [0.3, 0.4) is 0 Å². The Morgan fingerprint density at radius 2 is 2.03 bits per heavy atom. The quantitative estimate of drug-likeness (QED) is 0.391. The second kappa shape index (κ2) is 9.52. The molecule has 0 radical (unpaired) electrons. The van der Waals surface area contributed by atoms with E-state index < -0.39 is 30.5 Å². The van der Waals surface area contributed by atoms with E-state index in [4.69, 9.17) is 4.74 Å². The predicted octanol–water partition coefficient (Wildman–Crippen LogP) is 3.68. The number of ether oxygens (including phenoxy) is 1. The van der Waals surface area contributed by atoms with Crippen molar-refractivity contribution in [1.82, 2.24) is 29.0 Å². The van der Waals surface area contributed by atoms with Gasteiger partial charge in [0.2, 0.25) is 17.7 Å². The smallest absolute Gasteiger partial charge is 0.244 e. The summed E-state index contributed by atoms with van der Waals surface area (Å²) in [5.41, 5.74) is 0.694. The van der Waals surface area contributed by atoms with Crippen molar-refractivity contribution >= 4 is 28.4 Å². The fourth-order valence-corrected chi connectivity index (χ4v) is 4.83. The van der Waals surface area contributed by atoms with Crippen LogP contribution < -0.4 is 10.1 Å². The number of carbonyl (C=O) groups is 1. The number of nitrogens with one attached hydrogen (secondary N) is 1. The fraction of sp³-hybridized carbons (Fsp3) is 0.417. The minimum atomic E-state index is -1.35. The molecule has 196 valence electrons. The topological polar surface area (TPSA) is 89.6 Å². The van der Waals surface area contributed by atoms with Gasteiger partial charge in [-0.2, -0.15) is 4.98 Å². The van der Waals surface area contributed by atoms with Crippen LogP contribution in [-0.4, -0.2) is 74.0 Å². The summed E-state index contributed by atoms with van der Waals surface area (Å²) in [6, 6.07) is 2.03. The van der Waals surface area contributed by atoms with Gasteiger partial charge in [0.25, 0.3) is 0 Å². The second-order valence-corrected chi connectivity index (χ2v) is 8.94. The number of fused-ring (bicyclic) bond motifs is 2. The SMILES string of the molecule is COc1nc(N[C@H]2CCN(C(C)=O)C[C@H]2F)nn2cc(F)c(-c3cc(F)c4nc(C)n(CCF)c4c3)c12. The summed E-state index contributed by atoms with van der Waals surface area (Å²) >= 11 is 0. The van der Waals surface area contributed by atoms with Gasteiger partial charge in [-0.05, 0) is 31.0 Å². The molecular formula is C24H25F4N7O2. The molecule has 13 heteroatoms. The summed E-state index contributed by atoms with van der Waals surface area (Å²) < 4.78 is 66.2. The Kier molecular flexibility index (Phi) is 6.38. The van der Waals surface area contributed by atoms with Crippen molar-refractivity contribution in [3.05, 3.63) is 35.8 Å². The number of aryl methyl sites for hydroxylation is 2. The van der Waals surface area contributed by atoms with Crippen molar-refractivity contribution in [2.75, 3.05) is 32.2 Å². The number of piperidine rings is 1. The summed E-state index contributed by atoms with van der Waals surface area (Å²) in [4.78, 5) is 21.4. The molecule has 4 heterocycles. The molecule has 4 aromatic rings. The average molecular weight is 520 g/mol. The van der Waals surface area contributed by atoms with Gasteiger partial charge in [0.15, 0.2) is 11.6 Å². The first kappa shape index (κ1) is 24.8. The van der Waals surface area contributed by atoms with Crippen LogP contribution in [0.15, 0.2) is 18.3 Å². The number of halogens is 4. The Labute approximate surface area is 209 Å². The molecule has 0 saturated carbocycles. The van der Waals surface area contributed by atoms with Crippen molar-refractivity contribution in [3.63, 3.8) is 0 Å². The lowest BCUT2D eigenvalue weighted by Crippen LogP contribution is -2.49. The normalized spacial score (nSPS) is 18.1. The highest BCUT2D eigenvalue weighted by Crippen LogP contribution is 2.36. The Morgan fingerprint density at radius 1 is 1.24 bits per heavy atom. The number of hydrogen-bond donors (Lipinski definition) is 1. The van der Waals surface area contributed by atoms with E-state index in [0.29, 0.717) is 24.3 Å². The molecule has 0 unspecified atom stereocenters. The lowest BCUT2D eigenvalue weighted by molar-refractivity contribution is -0.131. The van der Waals surface area contributed by atoms with Crippen LogP contribution in [0.2, 0.25) is 0 Å². The third-order valence-electron chi connectivity index (χ3n) is 6.64. The summed E-state index contributed by atoms with van der Waals surface area (Å²) in [7, 11) is 1.34. The first-order valence-corrected chi connectivity index (χ1v) is 11.7. The number of methoxy groups -OCH3 is 1. The third-order valence-corrected chi connectivity index (χ3v) is 6.64. The highest BCUT2D eigenvalue weighted by atomic mass is 19.1. The van der Waals surface area contributed by atoms with Crippen molar-refractivity contribution in [3.8, 4) is 17.0 Å². The summed E-state index contributed by atoms with van der Waals surface area (Å²) in [6.45, 7) is 2.66. The molecule has 37 heavy (non-hydrogen) atoms. The van der Waals surface area contributed by atoms with Crippen LogP contribution in [0.25, 0.3) is 27.7 Å². The highest BCUT2D eigenvalue weighted by Gasteiger charge is 2.31. The largest absolute Gasteiger partial charge is 0.479 e. The molecule has 0 bridgehead atoms. The van der Waals surface area contributed by atoms with Gasteiger partial charge < -0.3 is 19.5 Å². The van der Waals surface area contributed by atoms with Gasteiger partial charge in [-0.1, -0.05) is 0 Å². The summed E-state index contributed by atoms with van der Waals surface area (Å²) in [5, 5.41) is 7.19. The number of anilines is 1. The number of rotatable bonds is 6. The zero-order valence-corrected chi connectivity index (χ0v) is 20.4. The van der Waals surface area contributed by atoms with E-state index in [-0.39, 0.29) is 53.0 Å². The number of benzene rings is 1. The van der Waals surface area contributed by atoms with Crippen molar-refractivity contribution in [2.45, 2.75) is 39.0 Å². The Hall–Kier alpha value is -3.90. The molecule has 1 aliphatic rings. The highest BCUT2D eigenvalue weighted by molar-refractivity contribution is 5.90. The number of hydrogen-bond acceptors (Lipinski definition) is 6. The van der Waals surface area contributed by atoms with E-state index in [1.165, 1.54) is 34.1 Å². The Bertz CT molecular complexity index is 1500. The Balaban J connectivity index is 1.56. The molecule has 1 amide bonds. The van der Waals surface area contributed by atoms with E-state index >= 15 is 4.39 Å². The van der Waals surface area contributed by atoms with Crippen LogP contribution in [0.4, 0.5) is 23.5 Å². The lowest BCUT2D eigenvalue weighted by atomic mass is 10.0. The molecule has 9 nitrogen and oxygen atoms in total. The molecule has 0 aliphatic carbocycles. The molecule has 1 saturated heterocycles. The fourth-order valence-electron chi connectivity index (χ4n) is 4.83. The van der Waals surface area contributed by atoms with Crippen molar-refractivity contribution in [1.29, 1.82) is 0 Å². The molecular weight excluding hydrogens is 494 g/mol. The summed E-state index contributed by atoms with van der Waals surface area (Å²) in [6.07, 6.45) is 0.0747. The number of nitrogens with zero attached hydrogens (tertiary/aromatic N) is 6. The number of alkyl halides is 2. The average Bonchev–Trinajstić information content (AvgIpc) is 3.36. The van der Waals surface area contributed by atoms with Gasteiger partial charge in [0, 0.05) is 13.5 Å². The van der Waals surface area contributed by atoms with Crippen LogP contribution in [-0.2, 0) is 11.3 Å². The maximum Gasteiger partial charge on any atom is 0.244 e. The number of amides is 1. The first-order chi connectivity index (χ1) is 17.7. The lowest BCUT2D eigenvalue weighted by Gasteiger charge is -2.34. The molecule has 1 aromatic carbocycles. The number of aromatic nitrogens is 5. The number of carbonyl (C=O) groups excluding carboxylic acids is 1. The van der Waals surface area contributed by atoms with Gasteiger partial charge in [0.05, 0.1) is 43.5 Å². The molecule has 1 N–H and O–H groups in total. The standard InChI is InChI=1S/C24H25F4N7O2/c1-12-29-21-15(26)8-14(9-19(21)34(12)7-5-25)20-17(28)11-35-22(20)23(37-3)31-24(32-35)30-18-4-6-33(13(2)36)10-16(18)27/h8-9,11,16,18H,4-7,10H2,1-3H3,(H,30,32)/t16-,18+/m1/s1. The van der Waals surface area contributed by atoms with Gasteiger partial charge in [-0.3, -0.25) is 4.79 Å². The van der Waals surface area contributed by atoms with Crippen LogP contribution >= 0.6 is 0 Å². The van der Waals surface area contributed by atoms with E-state index in [2.05, 4.69) is 20.4 Å². The van der Waals surface area contributed by atoms with Crippen molar-refractivity contribution < 1.29 is 27.1 Å². The minimum absolute atomic E-state index is 0.00649. The van der Waals surface area contributed by atoms with E-state index in [1.54, 1.807) is 6.92 Å². The Morgan fingerprint density at radius 3 is 2.70 bits per heavy atom. The number of imidazole rings is 1. The molecule has 2 atom stereocenters. The molecule has 3 aromatic heterocycles. The van der Waals surface area contributed by atoms with Gasteiger partial charge in [0.1, 0.15) is 29.7 Å². The van der Waals surface area contributed by atoms with E-state index in [0.717, 1.165) is 12.3 Å². The molecule has 0 spiro atoms. The monoisotopic (exact) mass is 519 g/mol. The molecule has 5 rings (SSSR count). The second-order valence-electron chi connectivity index (χ2n) is 8.94.